The summed E-state index contributed by atoms with van der Waals surface area (Å²) in [5.41, 5.74) is 7.28. The highest BCUT2D eigenvalue weighted by Crippen LogP contribution is 2.40. The van der Waals surface area contributed by atoms with Gasteiger partial charge in [0.05, 0.1) is 18.0 Å². The summed E-state index contributed by atoms with van der Waals surface area (Å²) in [6, 6.07) is 5.34. The second-order valence-corrected chi connectivity index (χ2v) is 8.02. The van der Waals surface area contributed by atoms with Crippen LogP contribution >= 0.6 is 0 Å². The van der Waals surface area contributed by atoms with Crippen LogP contribution in [0.3, 0.4) is 0 Å². The van der Waals surface area contributed by atoms with Crippen molar-refractivity contribution in [1.29, 1.82) is 10.8 Å². The van der Waals surface area contributed by atoms with E-state index < -0.39 is 0 Å². The highest BCUT2D eigenvalue weighted by Gasteiger charge is 2.40. The molecule has 2 fully saturated rings. The van der Waals surface area contributed by atoms with Gasteiger partial charge in [0.15, 0.2) is 0 Å². The third-order valence-electron chi connectivity index (χ3n) is 5.66. The lowest BCUT2D eigenvalue weighted by molar-refractivity contribution is 0.146. The Morgan fingerprint density at radius 3 is 2.52 bits per heavy atom. The number of hydrogen-bond donors (Lipinski definition) is 4. The molecule has 0 amide bonds. The Morgan fingerprint density at radius 2 is 1.93 bits per heavy atom. The molecule has 8 heteroatoms. The highest BCUT2D eigenvalue weighted by molar-refractivity contribution is 6.49. The van der Waals surface area contributed by atoms with E-state index in [1.54, 1.807) is 19.2 Å². The minimum absolute atomic E-state index is 0.106. The lowest BCUT2D eigenvalue weighted by atomic mass is 10.0. The number of anilines is 1. The molecule has 1 saturated heterocycles. The highest BCUT2D eigenvalue weighted by atomic mass is 16.5. The predicted octanol–water partition coefficient (Wildman–Crippen LogP) is 1.62. The number of β-amino-alcohol motifs (C(OH)–C–C–N with tert-alkyl or cyclic N) is 1. The van der Waals surface area contributed by atoms with E-state index in [0.717, 1.165) is 44.9 Å². The first-order valence-corrected chi connectivity index (χ1v) is 10.1. The van der Waals surface area contributed by atoms with Gasteiger partial charge in [-0.1, -0.05) is 0 Å². The van der Waals surface area contributed by atoms with Gasteiger partial charge in [-0.05, 0) is 38.0 Å². The van der Waals surface area contributed by atoms with Crippen LogP contribution in [-0.4, -0.2) is 84.1 Å². The smallest absolute Gasteiger partial charge is 0.120 e. The lowest BCUT2D eigenvalue weighted by Crippen LogP contribution is -2.49. The summed E-state index contributed by atoms with van der Waals surface area (Å²) in [4.78, 5) is 8.75. The Balaban J connectivity index is 1.64. The van der Waals surface area contributed by atoms with Crippen molar-refractivity contribution in [2.75, 3.05) is 52.1 Å². The number of hydrogen-bond acceptors (Lipinski definition) is 7. The number of nitrogens with one attached hydrogen (secondary N) is 2. The number of benzene rings is 1. The third-order valence-corrected chi connectivity index (χ3v) is 5.66. The maximum atomic E-state index is 9.09. The Labute approximate surface area is 172 Å². The fraction of sp³-hybridized carbons (Fsp3) is 0.571. The summed E-state index contributed by atoms with van der Waals surface area (Å²) in [7, 11) is 1.73. The summed E-state index contributed by atoms with van der Waals surface area (Å²) in [6.07, 6.45) is 2.35. The SMILES string of the molecule is CN=C(CC(=N)C(=N)c1cc(OC2(C)CC2)ccc1N)N1CCN(CCO)CC1. The van der Waals surface area contributed by atoms with Gasteiger partial charge in [0.25, 0.3) is 0 Å². The fourth-order valence-electron chi connectivity index (χ4n) is 3.49. The van der Waals surface area contributed by atoms with Crippen LogP contribution in [0.1, 0.15) is 31.7 Å². The normalized spacial score (nSPS) is 19.1. The zero-order valence-corrected chi connectivity index (χ0v) is 17.4. The molecule has 1 aliphatic carbocycles. The Kier molecular flexibility index (Phi) is 6.54. The number of nitrogens with zero attached hydrogens (tertiary/aromatic N) is 3. The molecule has 0 radical (unpaired) electrons. The Morgan fingerprint density at radius 1 is 1.24 bits per heavy atom. The van der Waals surface area contributed by atoms with E-state index in [4.69, 9.17) is 26.4 Å². The molecule has 1 saturated carbocycles. The average molecular weight is 401 g/mol. The van der Waals surface area contributed by atoms with Crippen LogP contribution in [0.2, 0.25) is 0 Å². The van der Waals surface area contributed by atoms with Gasteiger partial charge in [-0.3, -0.25) is 15.3 Å². The van der Waals surface area contributed by atoms with Crippen LogP contribution in [0.5, 0.6) is 5.75 Å². The van der Waals surface area contributed by atoms with Crippen LogP contribution in [0.4, 0.5) is 5.69 Å². The average Bonchev–Trinajstić information content (AvgIpc) is 3.44. The van der Waals surface area contributed by atoms with E-state index in [2.05, 4.69) is 21.7 Å². The number of aliphatic hydroxyl groups excluding tert-OH is 1. The topological polar surface area (TPSA) is 122 Å². The van der Waals surface area contributed by atoms with Crippen molar-refractivity contribution in [2.45, 2.75) is 31.8 Å². The van der Waals surface area contributed by atoms with Gasteiger partial charge in [0.1, 0.15) is 17.2 Å². The van der Waals surface area contributed by atoms with Gasteiger partial charge in [-0.15, -0.1) is 0 Å². The van der Waals surface area contributed by atoms with Crippen LogP contribution in [0, 0.1) is 10.8 Å². The molecule has 5 N–H and O–H groups in total. The quantitative estimate of drug-likeness (QED) is 0.300. The Hall–Kier alpha value is -2.45. The van der Waals surface area contributed by atoms with E-state index in [-0.39, 0.29) is 30.1 Å². The molecule has 0 unspecified atom stereocenters. The van der Waals surface area contributed by atoms with Gasteiger partial charge >= 0.3 is 0 Å². The van der Waals surface area contributed by atoms with Gasteiger partial charge < -0.3 is 25.9 Å². The number of aliphatic imine (C=N–C) groups is 1. The molecule has 1 aromatic carbocycles. The molecule has 1 aliphatic heterocycles. The first-order chi connectivity index (χ1) is 13.8. The van der Waals surface area contributed by atoms with Crippen LogP contribution in [-0.2, 0) is 0 Å². The summed E-state index contributed by atoms with van der Waals surface area (Å²) in [5.74, 6) is 1.50. The van der Waals surface area contributed by atoms with Gasteiger partial charge in [0.2, 0.25) is 0 Å². The van der Waals surface area contributed by atoms with Crippen LogP contribution in [0.25, 0.3) is 0 Å². The molecule has 8 nitrogen and oxygen atoms in total. The molecule has 0 bridgehead atoms. The fourth-order valence-corrected chi connectivity index (χ4v) is 3.49. The number of nitrogen functional groups attached to an aromatic ring is 1. The number of amidine groups is 1. The van der Waals surface area contributed by atoms with E-state index >= 15 is 0 Å². The summed E-state index contributed by atoms with van der Waals surface area (Å²) >= 11 is 0. The third kappa shape index (κ3) is 5.33. The molecule has 158 valence electrons. The minimum Gasteiger partial charge on any atom is -0.488 e. The molecule has 3 rings (SSSR count). The molecule has 2 aliphatic rings. The number of rotatable bonds is 8. The van der Waals surface area contributed by atoms with Crippen molar-refractivity contribution in [2.24, 2.45) is 4.99 Å². The molecular formula is C21H32N6O2. The monoisotopic (exact) mass is 400 g/mol. The summed E-state index contributed by atoms with van der Waals surface area (Å²) in [5, 5.41) is 26.1. The van der Waals surface area contributed by atoms with E-state index in [1.165, 1.54) is 0 Å². The summed E-state index contributed by atoms with van der Waals surface area (Å²) < 4.78 is 5.99. The maximum Gasteiger partial charge on any atom is 0.120 e. The predicted molar refractivity (Wildman–Crippen MR) is 117 cm³/mol. The number of piperazine rings is 1. The van der Waals surface area contributed by atoms with Crippen molar-refractivity contribution >= 4 is 22.9 Å². The van der Waals surface area contributed by atoms with Crippen LogP contribution in [0.15, 0.2) is 23.2 Å². The number of nitrogens with two attached hydrogens (primary N) is 1. The first-order valence-electron chi connectivity index (χ1n) is 10.1. The minimum atomic E-state index is -0.108. The maximum absolute atomic E-state index is 9.09. The molecule has 1 aromatic rings. The molecule has 29 heavy (non-hydrogen) atoms. The largest absolute Gasteiger partial charge is 0.488 e. The van der Waals surface area contributed by atoms with Gasteiger partial charge in [-0.2, -0.15) is 0 Å². The van der Waals surface area contributed by atoms with Crippen LogP contribution < -0.4 is 10.5 Å². The van der Waals surface area contributed by atoms with Crippen molar-refractivity contribution in [3.05, 3.63) is 23.8 Å². The first kappa shape index (κ1) is 21.3. The van der Waals surface area contributed by atoms with E-state index in [9.17, 15) is 0 Å². The van der Waals surface area contributed by atoms with Gasteiger partial charge in [-0.25, -0.2) is 0 Å². The van der Waals surface area contributed by atoms with Crippen molar-refractivity contribution in [3.63, 3.8) is 0 Å². The molecule has 0 aromatic heterocycles. The van der Waals surface area contributed by atoms with Crippen molar-refractivity contribution in [1.82, 2.24) is 9.80 Å². The second-order valence-electron chi connectivity index (χ2n) is 8.02. The Bertz CT molecular complexity index is 794. The zero-order chi connectivity index (χ0) is 21.0. The molecule has 0 atom stereocenters. The van der Waals surface area contributed by atoms with E-state index in [0.29, 0.717) is 23.5 Å². The number of aliphatic hydroxyl groups is 1. The number of ether oxygens (including phenoxy) is 1. The second kappa shape index (κ2) is 8.92. The summed E-state index contributed by atoms with van der Waals surface area (Å²) in [6.45, 7) is 6.24. The molecular weight excluding hydrogens is 368 g/mol. The van der Waals surface area contributed by atoms with Crippen molar-refractivity contribution in [3.8, 4) is 5.75 Å². The van der Waals surface area contributed by atoms with Crippen molar-refractivity contribution < 1.29 is 9.84 Å². The van der Waals surface area contributed by atoms with E-state index in [1.807, 2.05) is 6.07 Å². The standard InChI is InChI=1S/C21H32N6O2/c1-21(5-6-21)29-15-3-4-17(22)16(13-15)20(24)18(23)14-19(25-2)27-9-7-26(8-10-27)11-12-28/h3-4,13,23-24,28H,5-12,14,22H2,1-2H3. The lowest BCUT2D eigenvalue weighted by Gasteiger charge is -2.36. The zero-order valence-electron chi connectivity index (χ0n) is 17.4. The molecule has 0 spiro atoms. The molecule has 1 heterocycles. The van der Waals surface area contributed by atoms with Gasteiger partial charge in [0, 0.05) is 57.4 Å².